The van der Waals surface area contributed by atoms with Gasteiger partial charge < -0.3 is 19.6 Å². The molecule has 1 aliphatic rings. The number of benzene rings is 2. The van der Waals surface area contributed by atoms with Crippen LogP contribution < -0.4 is 4.74 Å². The van der Waals surface area contributed by atoms with E-state index in [-0.39, 0.29) is 11.3 Å². The van der Waals surface area contributed by atoms with Gasteiger partial charge in [-0.05, 0) is 57.3 Å². The quantitative estimate of drug-likeness (QED) is 0.451. The molecule has 0 spiro atoms. The standard InChI is InChI=1S/C24H28N2O4/c1-15-6-7-16(2)19(14-15)22(27)20-21(17-8-10-18(30-5)11-9-17)26(13-12-25(3)4)24(29)23(20)28/h6-11,14,21,27H,12-13H2,1-5H3/t21-/m0/s1. The molecule has 6 heteroatoms. The maximum Gasteiger partial charge on any atom is 0.295 e. The van der Waals surface area contributed by atoms with E-state index in [0.29, 0.717) is 24.4 Å². The molecule has 0 bridgehead atoms. The van der Waals surface area contributed by atoms with Crippen molar-refractivity contribution >= 4 is 17.4 Å². The lowest BCUT2D eigenvalue weighted by molar-refractivity contribution is -0.140. The zero-order valence-electron chi connectivity index (χ0n) is 18.1. The average Bonchev–Trinajstić information content (AvgIpc) is 2.98. The molecule has 0 aromatic heterocycles. The largest absolute Gasteiger partial charge is 0.507 e. The van der Waals surface area contributed by atoms with Crippen molar-refractivity contribution in [3.05, 3.63) is 70.3 Å². The number of aliphatic hydroxyl groups is 1. The molecule has 1 N–H and O–H groups in total. The first-order chi connectivity index (χ1) is 14.2. The van der Waals surface area contributed by atoms with Crippen molar-refractivity contribution in [3.63, 3.8) is 0 Å². The second-order valence-electron chi connectivity index (χ2n) is 7.89. The molecule has 2 aromatic rings. The van der Waals surface area contributed by atoms with Crippen molar-refractivity contribution < 1.29 is 19.4 Å². The number of hydrogen-bond acceptors (Lipinski definition) is 5. The minimum Gasteiger partial charge on any atom is -0.507 e. The highest BCUT2D eigenvalue weighted by molar-refractivity contribution is 6.46. The van der Waals surface area contributed by atoms with E-state index in [1.54, 1.807) is 24.1 Å². The summed E-state index contributed by atoms with van der Waals surface area (Å²) in [5.74, 6) is -0.709. The molecule has 30 heavy (non-hydrogen) atoms. The van der Waals surface area contributed by atoms with E-state index in [9.17, 15) is 14.7 Å². The number of hydrogen-bond donors (Lipinski definition) is 1. The van der Waals surface area contributed by atoms with Gasteiger partial charge >= 0.3 is 0 Å². The third kappa shape index (κ3) is 4.09. The van der Waals surface area contributed by atoms with Crippen LogP contribution in [0.2, 0.25) is 0 Å². The van der Waals surface area contributed by atoms with Crippen LogP contribution in [-0.4, -0.2) is 60.9 Å². The van der Waals surface area contributed by atoms with E-state index >= 15 is 0 Å². The number of methoxy groups -OCH3 is 1. The normalized spacial score (nSPS) is 18.3. The van der Waals surface area contributed by atoms with Gasteiger partial charge in [0.2, 0.25) is 0 Å². The van der Waals surface area contributed by atoms with Gasteiger partial charge in [0.05, 0.1) is 18.7 Å². The van der Waals surface area contributed by atoms with E-state index in [4.69, 9.17) is 4.74 Å². The predicted octanol–water partition coefficient (Wildman–Crippen LogP) is 3.30. The highest BCUT2D eigenvalue weighted by atomic mass is 16.5. The second kappa shape index (κ2) is 8.71. The third-order valence-corrected chi connectivity index (χ3v) is 5.41. The Bertz CT molecular complexity index is 993. The van der Waals surface area contributed by atoms with Gasteiger partial charge in [-0.2, -0.15) is 0 Å². The van der Waals surface area contributed by atoms with Crippen LogP contribution in [0, 0.1) is 13.8 Å². The molecule has 158 valence electrons. The van der Waals surface area contributed by atoms with Crippen LogP contribution in [0.1, 0.15) is 28.3 Å². The van der Waals surface area contributed by atoms with Crippen LogP contribution >= 0.6 is 0 Å². The highest BCUT2D eigenvalue weighted by Crippen LogP contribution is 2.40. The van der Waals surface area contributed by atoms with Gasteiger partial charge in [-0.3, -0.25) is 9.59 Å². The molecule has 0 unspecified atom stereocenters. The molecule has 1 saturated heterocycles. The fourth-order valence-corrected chi connectivity index (χ4v) is 3.69. The number of nitrogens with zero attached hydrogens (tertiary/aromatic N) is 2. The maximum absolute atomic E-state index is 13.0. The molecule has 1 atom stereocenters. The van der Waals surface area contributed by atoms with Gasteiger partial charge in [0.1, 0.15) is 11.5 Å². The van der Waals surface area contributed by atoms with Crippen LogP contribution in [0.25, 0.3) is 5.76 Å². The Morgan fingerprint density at radius 3 is 2.37 bits per heavy atom. The van der Waals surface area contributed by atoms with Crippen molar-refractivity contribution in [1.82, 2.24) is 9.80 Å². The molecule has 0 aliphatic carbocycles. The maximum atomic E-state index is 13.0. The smallest absolute Gasteiger partial charge is 0.295 e. The van der Waals surface area contributed by atoms with E-state index in [1.165, 1.54) is 0 Å². The first-order valence-electron chi connectivity index (χ1n) is 9.89. The number of Topliss-reactive ketones (excluding diaryl/α,β-unsaturated/α-hetero) is 1. The molecule has 1 amide bonds. The van der Waals surface area contributed by atoms with Crippen molar-refractivity contribution in [2.75, 3.05) is 34.3 Å². The number of ether oxygens (including phenoxy) is 1. The fraction of sp³-hybridized carbons (Fsp3) is 0.333. The SMILES string of the molecule is COc1ccc([C@H]2C(=C(O)c3cc(C)ccc3C)C(=O)C(=O)N2CCN(C)C)cc1. The number of aliphatic hydroxyl groups excluding tert-OH is 1. The number of aryl methyl sites for hydroxylation is 2. The Morgan fingerprint density at radius 2 is 1.77 bits per heavy atom. The van der Waals surface area contributed by atoms with Gasteiger partial charge in [0.25, 0.3) is 11.7 Å². The van der Waals surface area contributed by atoms with E-state index in [0.717, 1.165) is 16.7 Å². The minimum atomic E-state index is -0.659. The Hall–Kier alpha value is -3.12. The Morgan fingerprint density at radius 1 is 1.10 bits per heavy atom. The van der Waals surface area contributed by atoms with Crippen molar-refractivity contribution in [3.8, 4) is 5.75 Å². The number of likely N-dealkylation sites (N-methyl/N-ethyl adjacent to an activating group) is 1. The lowest BCUT2D eigenvalue weighted by Crippen LogP contribution is -2.35. The number of likely N-dealkylation sites (tertiary alicyclic amines) is 1. The molecule has 2 aromatic carbocycles. The van der Waals surface area contributed by atoms with Crippen LogP contribution in [0.15, 0.2) is 48.0 Å². The summed E-state index contributed by atoms with van der Waals surface area (Å²) in [6.07, 6.45) is 0. The number of amides is 1. The lowest BCUT2D eigenvalue weighted by Gasteiger charge is -2.26. The summed E-state index contributed by atoms with van der Waals surface area (Å²) in [5, 5.41) is 11.2. The van der Waals surface area contributed by atoms with Gasteiger partial charge in [0, 0.05) is 18.7 Å². The number of ketones is 1. The summed E-state index contributed by atoms with van der Waals surface area (Å²) in [6.45, 7) is 4.77. The summed E-state index contributed by atoms with van der Waals surface area (Å²) in [4.78, 5) is 29.4. The van der Waals surface area contributed by atoms with Crippen molar-refractivity contribution in [2.45, 2.75) is 19.9 Å². The van der Waals surface area contributed by atoms with E-state index in [1.807, 2.05) is 63.2 Å². The van der Waals surface area contributed by atoms with Gasteiger partial charge in [0.15, 0.2) is 0 Å². The number of rotatable bonds is 6. The predicted molar refractivity (Wildman–Crippen MR) is 116 cm³/mol. The van der Waals surface area contributed by atoms with Gasteiger partial charge in [-0.25, -0.2) is 0 Å². The van der Waals surface area contributed by atoms with E-state index in [2.05, 4.69) is 0 Å². The molecule has 6 nitrogen and oxygen atoms in total. The molecule has 1 heterocycles. The molecular formula is C24H28N2O4. The summed E-state index contributed by atoms with van der Waals surface area (Å²) >= 11 is 0. The average molecular weight is 408 g/mol. The molecule has 1 aliphatic heterocycles. The summed E-state index contributed by atoms with van der Waals surface area (Å²) in [7, 11) is 5.41. The summed E-state index contributed by atoms with van der Waals surface area (Å²) in [5.41, 5.74) is 3.24. The first kappa shape index (κ1) is 21.6. The minimum absolute atomic E-state index is 0.123. The first-order valence-corrected chi connectivity index (χ1v) is 9.89. The highest BCUT2D eigenvalue weighted by Gasteiger charge is 2.46. The monoisotopic (exact) mass is 408 g/mol. The number of carbonyl (C=O) groups is 2. The molecule has 0 saturated carbocycles. The summed E-state index contributed by atoms with van der Waals surface area (Å²) < 4.78 is 5.24. The Kier molecular flexibility index (Phi) is 6.27. The third-order valence-electron chi connectivity index (χ3n) is 5.41. The molecule has 3 rings (SSSR count). The van der Waals surface area contributed by atoms with Crippen LogP contribution in [0.4, 0.5) is 0 Å². The zero-order chi connectivity index (χ0) is 22.0. The fourth-order valence-electron chi connectivity index (χ4n) is 3.69. The Labute approximate surface area is 177 Å². The van der Waals surface area contributed by atoms with Crippen molar-refractivity contribution in [2.24, 2.45) is 0 Å². The Balaban J connectivity index is 2.18. The van der Waals surface area contributed by atoms with Crippen LogP contribution in [-0.2, 0) is 9.59 Å². The molecule has 1 fully saturated rings. The van der Waals surface area contributed by atoms with E-state index < -0.39 is 17.7 Å². The van der Waals surface area contributed by atoms with Crippen LogP contribution in [0.3, 0.4) is 0 Å². The summed E-state index contributed by atoms with van der Waals surface area (Å²) in [6, 6.07) is 12.3. The molecule has 0 radical (unpaired) electrons. The van der Waals surface area contributed by atoms with Gasteiger partial charge in [-0.1, -0.05) is 29.8 Å². The number of carbonyl (C=O) groups excluding carboxylic acids is 2. The zero-order valence-corrected chi connectivity index (χ0v) is 18.1. The topological polar surface area (TPSA) is 70.1 Å². The lowest BCUT2D eigenvalue weighted by atomic mass is 9.93. The van der Waals surface area contributed by atoms with Crippen LogP contribution in [0.5, 0.6) is 5.75 Å². The van der Waals surface area contributed by atoms with Gasteiger partial charge in [-0.15, -0.1) is 0 Å². The second-order valence-corrected chi connectivity index (χ2v) is 7.89. The molecular weight excluding hydrogens is 380 g/mol. The van der Waals surface area contributed by atoms with Crippen molar-refractivity contribution in [1.29, 1.82) is 0 Å².